The Morgan fingerprint density at radius 3 is 2.00 bits per heavy atom. The minimum atomic E-state index is -4.17. The molecule has 1 heterocycles. The molecule has 1 rings (SSSR count). The highest BCUT2D eigenvalue weighted by Gasteiger charge is 2.08. The van der Waals surface area contributed by atoms with E-state index in [9.17, 15) is 17.8 Å². The zero-order chi connectivity index (χ0) is 20.7. The summed E-state index contributed by atoms with van der Waals surface area (Å²) in [7, 11) is -4.17. The fourth-order valence-corrected chi connectivity index (χ4v) is 3.58. The van der Waals surface area contributed by atoms with Gasteiger partial charge >= 0.3 is 0 Å². The number of pyridine rings is 1. The van der Waals surface area contributed by atoms with Crippen molar-refractivity contribution in [2.45, 2.75) is 84.1 Å². The Hall–Kier alpha value is -1.47. The van der Waals surface area contributed by atoms with E-state index in [0.717, 1.165) is 12.8 Å². The maximum atomic E-state index is 12.1. The molecule has 1 aromatic heterocycles. The van der Waals surface area contributed by atoms with Crippen LogP contribution in [0.1, 0.15) is 87.9 Å². The molecule has 0 aliphatic rings. The van der Waals surface area contributed by atoms with Gasteiger partial charge < -0.3 is 9.87 Å². The van der Waals surface area contributed by atoms with Gasteiger partial charge in [-0.3, -0.25) is 4.79 Å². The first-order valence-electron chi connectivity index (χ1n) is 10.6. The van der Waals surface area contributed by atoms with E-state index in [1.165, 1.54) is 51.4 Å². The normalized spacial score (nSPS) is 11.5. The van der Waals surface area contributed by atoms with Crippen molar-refractivity contribution < 1.29 is 22.3 Å². The van der Waals surface area contributed by atoms with E-state index in [1.54, 1.807) is 29.1 Å². The standard InChI is InChI=1S/C21H36N2O4S/c1-2-3-4-5-6-7-8-9-10-11-15-22-21(24)20-13-17-23(18-14-20)16-12-19-28(25,26)27/h13-14,17-18H,2-12,15-16,19H2,1H3,(H-,22,24,25,26,27). The van der Waals surface area contributed by atoms with Gasteiger partial charge in [-0.25, -0.2) is 13.0 Å². The van der Waals surface area contributed by atoms with E-state index in [0.29, 0.717) is 18.7 Å². The summed E-state index contributed by atoms with van der Waals surface area (Å²) in [4.78, 5) is 12.1. The van der Waals surface area contributed by atoms with Crippen LogP contribution >= 0.6 is 0 Å². The zero-order valence-electron chi connectivity index (χ0n) is 17.2. The van der Waals surface area contributed by atoms with Crippen LogP contribution in [0.3, 0.4) is 0 Å². The average Bonchev–Trinajstić information content (AvgIpc) is 2.65. The van der Waals surface area contributed by atoms with Crippen LogP contribution in [0.25, 0.3) is 0 Å². The van der Waals surface area contributed by atoms with Gasteiger partial charge in [0.15, 0.2) is 12.4 Å². The Balaban J connectivity index is 2.09. The predicted molar refractivity (Wildman–Crippen MR) is 110 cm³/mol. The van der Waals surface area contributed by atoms with E-state index in [-0.39, 0.29) is 18.1 Å². The van der Waals surface area contributed by atoms with Crippen LogP contribution in [0.2, 0.25) is 0 Å². The molecular formula is C21H36N2O4S. The number of unbranched alkanes of at least 4 members (excludes halogenated alkanes) is 9. The van der Waals surface area contributed by atoms with Crippen LogP contribution in [0.4, 0.5) is 0 Å². The van der Waals surface area contributed by atoms with Crippen molar-refractivity contribution in [3.8, 4) is 0 Å². The third kappa shape index (κ3) is 12.8. The van der Waals surface area contributed by atoms with Crippen LogP contribution in [-0.4, -0.2) is 31.2 Å². The van der Waals surface area contributed by atoms with E-state index in [1.807, 2.05) is 0 Å². The average molecular weight is 413 g/mol. The molecule has 0 spiro atoms. The Morgan fingerprint density at radius 2 is 1.46 bits per heavy atom. The molecule has 6 nitrogen and oxygen atoms in total. The molecule has 7 heteroatoms. The molecule has 28 heavy (non-hydrogen) atoms. The van der Waals surface area contributed by atoms with Crippen molar-refractivity contribution in [1.29, 1.82) is 0 Å². The van der Waals surface area contributed by atoms with Crippen LogP contribution in [0.15, 0.2) is 24.5 Å². The summed E-state index contributed by atoms with van der Waals surface area (Å²) >= 11 is 0. The number of hydrogen-bond acceptors (Lipinski definition) is 4. The largest absolute Gasteiger partial charge is 0.748 e. The van der Waals surface area contributed by atoms with Crippen molar-refractivity contribution in [1.82, 2.24) is 5.32 Å². The lowest BCUT2D eigenvalue weighted by atomic mass is 10.1. The van der Waals surface area contributed by atoms with Gasteiger partial charge in [-0.2, -0.15) is 0 Å². The number of aromatic nitrogens is 1. The van der Waals surface area contributed by atoms with Gasteiger partial charge in [-0.1, -0.05) is 64.7 Å². The van der Waals surface area contributed by atoms with Crippen molar-refractivity contribution >= 4 is 16.0 Å². The SMILES string of the molecule is CCCCCCCCCCCCNC(=O)c1cc[n+](CCCS(=O)(=O)[O-])cc1. The molecule has 0 aromatic carbocycles. The second-order valence-electron chi connectivity index (χ2n) is 7.38. The molecule has 1 aromatic rings. The molecule has 1 N–H and O–H groups in total. The first-order valence-corrected chi connectivity index (χ1v) is 12.2. The van der Waals surface area contributed by atoms with Gasteiger partial charge in [-0.15, -0.1) is 0 Å². The van der Waals surface area contributed by atoms with Crippen LogP contribution in [0, 0.1) is 0 Å². The molecule has 0 bridgehead atoms. The van der Waals surface area contributed by atoms with Gasteiger partial charge in [0.05, 0.1) is 15.7 Å². The third-order valence-corrected chi connectivity index (χ3v) is 5.57. The summed E-state index contributed by atoms with van der Waals surface area (Å²) in [5, 5.41) is 2.94. The molecule has 0 radical (unpaired) electrons. The molecular weight excluding hydrogens is 376 g/mol. The highest BCUT2D eigenvalue weighted by molar-refractivity contribution is 7.85. The summed E-state index contributed by atoms with van der Waals surface area (Å²) in [5.74, 6) is -0.466. The molecule has 1 amide bonds. The van der Waals surface area contributed by atoms with E-state index >= 15 is 0 Å². The topological polar surface area (TPSA) is 90.2 Å². The number of amides is 1. The first-order chi connectivity index (χ1) is 13.4. The highest BCUT2D eigenvalue weighted by Crippen LogP contribution is 2.10. The summed E-state index contributed by atoms with van der Waals surface area (Å²) < 4.78 is 33.6. The van der Waals surface area contributed by atoms with Gasteiger partial charge in [-0.05, 0) is 6.42 Å². The molecule has 0 saturated carbocycles. The Labute approximate surface area is 170 Å². The summed E-state index contributed by atoms with van der Waals surface area (Å²) in [6, 6.07) is 3.42. The number of carbonyl (C=O) groups is 1. The van der Waals surface area contributed by atoms with Crippen molar-refractivity contribution in [2.24, 2.45) is 0 Å². The maximum Gasteiger partial charge on any atom is 0.251 e. The second kappa shape index (κ2) is 14.5. The monoisotopic (exact) mass is 412 g/mol. The lowest BCUT2D eigenvalue weighted by molar-refractivity contribution is -0.696. The number of nitrogens with zero attached hydrogens (tertiary/aromatic N) is 1. The highest BCUT2D eigenvalue weighted by atomic mass is 32.2. The quantitative estimate of drug-likeness (QED) is 0.255. The molecule has 160 valence electrons. The first kappa shape index (κ1) is 24.6. The van der Waals surface area contributed by atoms with Crippen LogP contribution < -0.4 is 9.88 Å². The van der Waals surface area contributed by atoms with Gasteiger partial charge in [0.2, 0.25) is 0 Å². The molecule has 0 unspecified atom stereocenters. The van der Waals surface area contributed by atoms with Gasteiger partial charge in [0.1, 0.15) is 6.54 Å². The molecule has 0 aliphatic heterocycles. The second-order valence-corrected chi connectivity index (χ2v) is 8.90. The number of carbonyl (C=O) groups excluding carboxylic acids is 1. The van der Waals surface area contributed by atoms with Crippen molar-refractivity contribution in [3.63, 3.8) is 0 Å². The minimum absolute atomic E-state index is 0.0924. The van der Waals surface area contributed by atoms with Crippen LogP contribution in [0.5, 0.6) is 0 Å². The fraction of sp³-hybridized carbons (Fsp3) is 0.714. The Bertz CT molecular complexity index is 645. The Morgan fingerprint density at radius 1 is 0.929 bits per heavy atom. The summed E-state index contributed by atoms with van der Waals surface area (Å²) in [5.41, 5.74) is 0.583. The Kier molecular flexibility index (Phi) is 12.7. The van der Waals surface area contributed by atoms with Crippen LogP contribution in [-0.2, 0) is 16.7 Å². The number of aryl methyl sites for hydroxylation is 1. The number of nitrogens with one attached hydrogen (secondary N) is 1. The number of rotatable bonds is 16. The lowest BCUT2D eigenvalue weighted by Crippen LogP contribution is -2.34. The molecule has 0 aliphatic carbocycles. The summed E-state index contributed by atoms with van der Waals surface area (Å²) in [6.07, 6.45) is 16.4. The fourth-order valence-electron chi connectivity index (χ4n) is 3.10. The minimum Gasteiger partial charge on any atom is -0.748 e. The molecule has 0 saturated heterocycles. The van der Waals surface area contributed by atoms with E-state index in [2.05, 4.69) is 12.2 Å². The van der Waals surface area contributed by atoms with Gasteiger partial charge in [0.25, 0.3) is 5.91 Å². The predicted octanol–water partition coefficient (Wildman–Crippen LogP) is 3.56. The van der Waals surface area contributed by atoms with E-state index in [4.69, 9.17) is 0 Å². The van der Waals surface area contributed by atoms with Crippen molar-refractivity contribution in [3.05, 3.63) is 30.1 Å². The number of hydrogen-bond donors (Lipinski definition) is 1. The van der Waals surface area contributed by atoms with Crippen molar-refractivity contribution in [2.75, 3.05) is 12.3 Å². The molecule has 0 atom stereocenters. The van der Waals surface area contributed by atoms with E-state index < -0.39 is 10.1 Å². The lowest BCUT2D eigenvalue weighted by Gasteiger charge is -2.06. The summed E-state index contributed by atoms with van der Waals surface area (Å²) in [6.45, 7) is 3.36. The zero-order valence-corrected chi connectivity index (χ0v) is 18.0. The smallest absolute Gasteiger partial charge is 0.251 e. The third-order valence-electron chi connectivity index (χ3n) is 4.78. The molecule has 0 fully saturated rings. The maximum absolute atomic E-state index is 12.1. The van der Waals surface area contributed by atoms with Gasteiger partial charge in [0, 0.05) is 30.9 Å².